The Morgan fingerprint density at radius 1 is 0.252 bits per heavy atom. The standard InChI is InChI=1S/C88H172O17P2/c1-6-9-12-15-18-21-23-25-27-29-31-36-39-43-47-52-57-62-67-72-86(91)99-78-84(105-88(93)74-69-64-59-54-49-45-41-37-33-32-34-38-42-46-51-55-60-65-70-81(4)5)80-103-107(96,97)101-76-82(89)75-100-106(94,95)102-79-83(77-98-85(90)71-66-61-56-50-20-17-14-11-8-3)104-87(92)73-68-63-58-53-48-44-40-35-30-28-26-24-22-19-16-13-10-7-2/h81-84,89H,6-80H2,1-5H3,(H,94,95)(H,96,97)/t82-,83+,84+/m0/s1. The molecule has 0 saturated carbocycles. The third kappa shape index (κ3) is 81.9. The van der Waals surface area contributed by atoms with Gasteiger partial charge >= 0.3 is 39.5 Å². The lowest BCUT2D eigenvalue weighted by Crippen LogP contribution is -2.30. The van der Waals surface area contributed by atoms with Gasteiger partial charge < -0.3 is 33.8 Å². The van der Waals surface area contributed by atoms with Gasteiger partial charge in [-0.25, -0.2) is 9.13 Å². The first-order valence-corrected chi connectivity index (χ1v) is 48.6. The molecule has 0 fully saturated rings. The minimum absolute atomic E-state index is 0.109. The Balaban J connectivity index is 5.20. The maximum atomic E-state index is 13.2. The van der Waals surface area contributed by atoms with Crippen LogP contribution in [0.2, 0.25) is 0 Å². The fourth-order valence-corrected chi connectivity index (χ4v) is 15.4. The fraction of sp³-hybridized carbons (Fsp3) is 0.955. The number of ether oxygens (including phenoxy) is 4. The second-order valence-electron chi connectivity index (χ2n) is 32.1. The molecule has 0 aromatic rings. The number of aliphatic hydroxyl groups is 1. The number of phosphoric ester groups is 2. The Morgan fingerprint density at radius 2 is 0.430 bits per heavy atom. The highest BCUT2D eigenvalue weighted by Crippen LogP contribution is 2.45. The zero-order valence-electron chi connectivity index (χ0n) is 70.3. The Labute approximate surface area is 658 Å². The summed E-state index contributed by atoms with van der Waals surface area (Å²) in [5.74, 6) is -1.28. The highest BCUT2D eigenvalue weighted by Gasteiger charge is 2.30. The minimum Gasteiger partial charge on any atom is -0.462 e. The molecule has 0 bridgehead atoms. The van der Waals surface area contributed by atoms with E-state index in [4.69, 9.17) is 37.0 Å². The van der Waals surface area contributed by atoms with Crippen LogP contribution in [0.1, 0.15) is 478 Å². The van der Waals surface area contributed by atoms with Crippen molar-refractivity contribution in [1.29, 1.82) is 0 Å². The van der Waals surface area contributed by atoms with Gasteiger partial charge in [0.25, 0.3) is 0 Å². The molecule has 19 heteroatoms. The number of rotatable bonds is 88. The highest BCUT2D eigenvalue weighted by atomic mass is 31.2. The van der Waals surface area contributed by atoms with Crippen LogP contribution in [0.3, 0.4) is 0 Å². The van der Waals surface area contributed by atoms with Crippen molar-refractivity contribution in [2.45, 2.75) is 496 Å². The lowest BCUT2D eigenvalue weighted by Gasteiger charge is -2.21. The van der Waals surface area contributed by atoms with Crippen LogP contribution in [0.4, 0.5) is 0 Å². The van der Waals surface area contributed by atoms with Gasteiger partial charge in [0.1, 0.15) is 19.3 Å². The maximum absolute atomic E-state index is 13.2. The number of carbonyl (C=O) groups excluding carboxylic acids is 4. The van der Waals surface area contributed by atoms with E-state index in [0.717, 1.165) is 95.8 Å². The molecule has 0 aliphatic carbocycles. The summed E-state index contributed by atoms with van der Waals surface area (Å²) in [6, 6.07) is 0. The van der Waals surface area contributed by atoms with E-state index in [2.05, 4.69) is 34.6 Å². The van der Waals surface area contributed by atoms with Gasteiger partial charge in [-0.15, -0.1) is 0 Å². The van der Waals surface area contributed by atoms with Crippen molar-refractivity contribution < 1.29 is 80.2 Å². The van der Waals surface area contributed by atoms with Crippen molar-refractivity contribution in [2.75, 3.05) is 39.6 Å². The van der Waals surface area contributed by atoms with Gasteiger partial charge in [-0.2, -0.15) is 0 Å². The van der Waals surface area contributed by atoms with E-state index in [9.17, 15) is 43.2 Å². The summed E-state index contributed by atoms with van der Waals surface area (Å²) in [6.45, 7) is 7.40. The first-order chi connectivity index (χ1) is 52.0. The van der Waals surface area contributed by atoms with E-state index < -0.39 is 97.5 Å². The van der Waals surface area contributed by atoms with Gasteiger partial charge in [-0.05, 0) is 31.6 Å². The van der Waals surface area contributed by atoms with E-state index in [-0.39, 0.29) is 25.7 Å². The van der Waals surface area contributed by atoms with E-state index >= 15 is 0 Å². The van der Waals surface area contributed by atoms with Crippen LogP contribution in [0, 0.1) is 5.92 Å². The largest absolute Gasteiger partial charge is 0.472 e. The van der Waals surface area contributed by atoms with Crippen LogP contribution in [-0.4, -0.2) is 96.7 Å². The molecule has 0 spiro atoms. The highest BCUT2D eigenvalue weighted by molar-refractivity contribution is 7.47. The molecule has 107 heavy (non-hydrogen) atoms. The monoisotopic (exact) mass is 1560 g/mol. The molecule has 3 N–H and O–H groups in total. The fourth-order valence-electron chi connectivity index (χ4n) is 13.8. The van der Waals surface area contributed by atoms with Gasteiger partial charge in [0.05, 0.1) is 26.4 Å². The summed E-state index contributed by atoms with van der Waals surface area (Å²) in [7, 11) is -9.93. The molecule has 0 rings (SSSR count). The van der Waals surface area contributed by atoms with E-state index in [1.165, 1.54) is 302 Å². The van der Waals surface area contributed by atoms with Crippen LogP contribution in [0.15, 0.2) is 0 Å². The number of phosphoric acid groups is 2. The molecule has 0 aromatic heterocycles. The molecule has 0 aliphatic heterocycles. The van der Waals surface area contributed by atoms with Gasteiger partial charge in [-0.3, -0.25) is 37.3 Å². The molecular formula is C88H172O17P2. The van der Waals surface area contributed by atoms with Crippen LogP contribution in [0.25, 0.3) is 0 Å². The van der Waals surface area contributed by atoms with Crippen LogP contribution < -0.4 is 0 Å². The second kappa shape index (κ2) is 80.7. The van der Waals surface area contributed by atoms with Crippen molar-refractivity contribution in [1.82, 2.24) is 0 Å². The first-order valence-electron chi connectivity index (χ1n) is 45.6. The summed E-state index contributed by atoms with van der Waals surface area (Å²) in [4.78, 5) is 73.2. The van der Waals surface area contributed by atoms with Crippen molar-refractivity contribution in [2.24, 2.45) is 5.92 Å². The number of unbranched alkanes of at least 4 members (excludes halogenated alkanes) is 60. The third-order valence-corrected chi connectivity index (χ3v) is 22.7. The van der Waals surface area contributed by atoms with Gasteiger partial charge in [0.15, 0.2) is 12.2 Å². The third-order valence-electron chi connectivity index (χ3n) is 20.8. The molecule has 17 nitrogen and oxygen atoms in total. The second-order valence-corrected chi connectivity index (χ2v) is 35.0. The number of esters is 4. The molecule has 0 aromatic carbocycles. The number of carbonyl (C=O) groups is 4. The number of hydrogen-bond acceptors (Lipinski definition) is 15. The average molecular weight is 1560 g/mol. The molecule has 0 amide bonds. The van der Waals surface area contributed by atoms with E-state index in [1.807, 2.05) is 0 Å². The molecule has 0 radical (unpaired) electrons. The normalized spacial score (nSPS) is 13.7. The molecular weight excluding hydrogens is 1390 g/mol. The Hall–Kier alpha value is -1.94. The summed E-state index contributed by atoms with van der Waals surface area (Å²) >= 11 is 0. The average Bonchev–Trinajstić information content (AvgIpc) is 0.903. The van der Waals surface area contributed by atoms with Gasteiger partial charge in [0, 0.05) is 25.7 Å². The number of aliphatic hydroxyl groups excluding tert-OH is 1. The zero-order chi connectivity index (χ0) is 78.3. The zero-order valence-corrected chi connectivity index (χ0v) is 72.1. The lowest BCUT2D eigenvalue weighted by molar-refractivity contribution is -0.161. The van der Waals surface area contributed by atoms with E-state index in [0.29, 0.717) is 25.7 Å². The van der Waals surface area contributed by atoms with Crippen molar-refractivity contribution >= 4 is 39.5 Å². The minimum atomic E-state index is -4.97. The quantitative estimate of drug-likeness (QED) is 0.0222. The molecule has 636 valence electrons. The summed E-state index contributed by atoms with van der Waals surface area (Å²) in [6.07, 6.45) is 75.1. The first kappa shape index (κ1) is 105. The van der Waals surface area contributed by atoms with Crippen molar-refractivity contribution in [3.05, 3.63) is 0 Å². The number of hydrogen-bond donors (Lipinski definition) is 3. The topological polar surface area (TPSA) is 237 Å². The summed E-state index contributed by atoms with van der Waals surface area (Å²) < 4.78 is 68.9. The van der Waals surface area contributed by atoms with E-state index in [1.54, 1.807) is 0 Å². The van der Waals surface area contributed by atoms with Crippen LogP contribution in [-0.2, 0) is 65.4 Å². The van der Waals surface area contributed by atoms with Crippen LogP contribution in [0.5, 0.6) is 0 Å². The SMILES string of the molecule is CCCCCCCCCCCCCCCCCCCCCC(=O)OC[C@H](COP(=O)(O)OC[C@@H](O)COP(=O)(O)OC[C@@H](COC(=O)CCCCCCCCCCC)OC(=O)CCCCCCCCCCCCCCCCCCCC)OC(=O)CCCCCCCCCCCCCCCCCCCCC(C)C. The van der Waals surface area contributed by atoms with Crippen molar-refractivity contribution in [3.63, 3.8) is 0 Å². The maximum Gasteiger partial charge on any atom is 0.472 e. The molecule has 2 unspecified atom stereocenters. The van der Waals surface area contributed by atoms with Crippen molar-refractivity contribution in [3.8, 4) is 0 Å². The summed E-state index contributed by atoms with van der Waals surface area (Å²) in [5.41, 5.74) is 0. The smallest absolute Gasteiger partial charge is 0.462 e. The van der Waals surface area contributed by atoms with Crippen LogP contribution >= 0.6 is 15.6 Å². The molecule has 0 saturated heterocycles. The Kier molecular flexibility index (Phi) is 79.2. The molecule has 0 heterocycles. The molecule has 5 atom stereocenters. The summed E-state index contributed by atoms with van der Waals surface area (Å²) in [5, 5.41) is 10.7. The Bertz CT molecular complexity index is 2030. The predicted octanol–water partition coefficient (Wildman–Crippen LogP) is 27.2. The van der Waals surface area contributed by atoms with Gasteiger partial charge in [0.2, 0.25) is 0 Å². The Morgan fingerprint density at radius 3 is 0.636 bits per heavy atom. The van der Waals surface area contributed by atoms with Gasteiger partial charge in [-0.1, -0.05) is 426 Å². The molecule has 0 aliphatic rings. The predicted molar refractivity (Wildman–Crippen MR) is 442 cm³/mol. The lowest BCUT2D eigenvalue weighted by atomic mass is 10.0.